The van der Waals surface area contributed by atoms with Crippen molar-refractivity contribution in [2.45, 2.75) is 0 Å². The molecule has 7 heteroatoms. The quantitative estimate of drug-likeness (QED) is 0.409. The van der Waals surface area contributed by atoms with Gasteiger partial charge >= 0.3 is 0 Å². The molecule has 144 valence electrons. The number of hydrogen-bond donors (Lipinski definition) is 2. The molecule has 0 aliphatic heterocycles. The molecule has 0 amide bonds. The Bertz CT molecular complexity index is 1330. The van der Waals surface area contributed by atoms with Gasteiger partial charge in [0.2, 0.25) is 0 Å². The second kappa shape index (κ2) is 7.12. The maximum Gasteiger partial charge on any atom is 0.265 e. The number of carbonyl (C=O) groups excluding carboxylic acids is 1. The smallest absolute Gasteiger partial charge is 0.265 e. The number of phenolic OH excluding ortho intramolecular Hbond substituents is 1. The fourth-order valence-corrected chi connectivity index (χ4v) is 3.19. The molecule has 0 spiro atoms. The molecule has 0 aliphatic carbocycles. The minimum Gasteiger partial charge on any atom is -0.507 e. The van der Waals surface area contributed by atoms with Gasteiger partial charge in [-0.15, -0.1) is 0 Å². The number of aromatic nitrogens is 2. The van der Waals surface area contributed by atoms with E-state index in [0.717, 1.165) is 0 Å². The first kappa shape index (κ1) is 18.2. The first-order valence-corrected chi connectivity index (χ1v) is 8.75. The van der Waals surface area contributed by atoms with Gasteiger partial charge in [0.05, 0.1) is 17.3 Å². The lowest BCUT2D eigenvalue weighted by Gasteiger charge is -2.09. The third kappa shape index (κ3) is 3.08. The van der Waals surface area contributed by atoms with Crippen LogP contribution >= 0.6 is 0 Å². The van der Waals surface area contributed by atoms with E-state index in [0.29, 0.717) is 22.0 Å². The van der Waals surface area contributed by atoms with E-state index in [1.54, 1.807) is 49.5 Å². The predicted molar refractivity (Wildman–Crippen MR) is 108 cm³/mol. The SMILES string of the molecule is Cn1c(=O)c(C(=O)/C=C/c2cnoc2-c2ccccc2O)c(O)c2ccccc21. The zero-order chi connectivity index (χ0) is 20.5. The summed E-state index contributed by atoms with van der Waals surface area (Å²) in [5, 5.41) is 24.7. The summed E-state index contributed by atoms with van der Waals surface area (Å²) < 4.78 is 6.53. The molecule has 0 fully saturated rings. The molecular weight excluding hydrogens is 372 g/mol. The Morgan fingerprint density at radius 2 is 1.83 bits per heavy atom. The zero-order valence-corrected chi connectivity index (χ0v) is 15.4. The van der Waals surface area contributed by atoms with Gasteiger partial charge < -0.3 is 19.3 Å². The van der Waals surface area contributed by atoms with Crippen LogP contribution in [0.15, 0.2) is 70.1 Å². The fourth-order valence-electron chi connectivity index (χ4n) is 3.19. The van der Waals surface area contributed by atoms with Gasteiger partial charge in [-0.2, -0.15) is 0 Å². The summed E-state index contributed by atoms with van der Waals surface area (Å²) in [4.78, 5) is 25.4. The topological polar surface area (TPSA) is 106 Å². The van der Waals surface area contributed by atoms with Crippen molar-refractivity contribution in [2.24, 2.45) is 7.05 Å². The number of carbonyl (C=O) groups is 1. The van der Waals surface area contributed by atoms with Crippen LogP contribution in [0, 0.1) is 0 Å². The largest absolute Gasteiger partial charge is 0.507 e. The molecule has 7 nitrogen and oxygen atoms in total. The van der Waals surface area contributed by atoms with Crippen LogP contribution in [0.25, 0.3) is 28.3 Å². The Morgan fingerprint density at radius 3 is 2.62 bits per heavy atom. The molecule has 29 heavy (non-hydrogen) atoms. The number of benzene rings is 2. The summed E-state index contributed by atoms with van der Waals surface area (Å²) in [7, 11) is 1.54. The maximum atomic E-state index is 12.7. The molecule has 4 rings (SSSR count). The van der Waals surface area contributed by atoms with Crippen molar-refractivity contribution in [2.75, 3.05) is 0 Å². The summed E-state index contributed by atoms with van der Waals surface area (Å²) in [6, 6.07) is 13.4. The number of ketones is 1. The molecule has 0 radical (unpaired) electrons. The van der Waals surface area contributed by atoms with Crippen molar-refractivity contribution >= 4 is 22.8 Å². The van der Waals surface area contributed by atoms with Crippen molar-refractivity contribution in [3.8, 4) is 22.8 Å². The zero-order valence-electron chi connectivity index (χ0n) is 15.4. The molecule has 0 unspecified atom stereocenters. The summed E-state index contributed by atoms with van der Waals surface area (Å²) in [6.45, 7) is 0. The van der Waals surface area contributed by atoms with E-state index >= 15 is 0 Å². The average molecular weight is 388 g/mol. The number of aryl methyl sites for hydroxylation is 1. The summed E-state index contributed by atoms with van der Waals surface area (Å²) >= 11 is 0. The number of hydrogen-bond acceptors (Lipinski definition) is 6. The second-order valence-electron chi connectivity index (χ2n) is 6.43. The Hall–Kier alpha value is -4.13. The third-order valence-electron chi connectivity index (χ3n) is 4.68. The van der Waals surface area contributed by atoms with Crippen LogP contribution in [0.3, 0.4) is 0 Å². The van der Waals surface area contributed by atoms with Crippen molar-refractivity contribution in [3.63, 3.8) is 0 Å². The number of rotatable bonds is 4. The first-order chi connectivity index (χ1) is 14.0. The molecule has 2 heterocycles. The van der Waals surface area contributed by atoms with Crippen LogP contribution in [0.5, 0.6) is 11.5 Å². The molecule has 0 bridgehead atoms. The number of nitrogens with zero attached hydrogens (tertiary/aromatic N) is 2. The third-order valence-corrected chi connectivity index (χ3v) is 4.68. The summed E-state index contributed by atoms with van der Waals surface area (Å²) in [5.74, 6) is -0.725. The average Bonchev–Trinajstić information content (AvgIpc) is 3.19. The van der Waals surface area contributed by atoms with E-state index in [2.05, 4.69) is 5.16 Å². The van der Waals surface area contributed by atoms with Crippen LogP contribution in [0.4, 0.5) is 0 Å². The normalized spacial score (nSPS) is 11.3. The fraction of sp³-hybridized carbons (Fsp3) is 0.0455. The molecule has 2 aromatic carbocycles. The van der Waals surface area contributed by atoms with Crippen molar-refractivity contribution in [1.29, 1.82) is 0 Å². The van der Waals surface area contributed by atoms with Gasteiger partial charge in [-0.25, -0.2) is 0 Å². The standard InChI is InChI=1S/C22H16N2O5/c1-24-16-8-4-2-6-14(16)20(27)19(22(24)28)18(26)11-10-13-12-23-29-21(13)15-7-3-5-9-17(15)25/h2-12,25,27H,1H3/b11-10+. The van der Waals surface area contributed by atoms with Gasteiger partial charge in [0.15, 0.2) is 11.5 Å². The van der Waals surface area contributed by atoms with E-state index in [-0.39, 0.29) is 22.8 Å². The van der Waals surface area contributed by atoms with Crippen molar-refractivity contribution < 1.29 is 19.5 Å². The van der Waals surface area contributed by atoms with Gasteiger partial charge in [0.25, 0.3) is 5.56 Å². The Kier molecular flexibility index (Phi) is 4.48. The monoisotopic (exact) mass is 388 g/mol. The van der Waals surface area contributed by atoms with Crippen LogP contribution in [0.1, 0.15) is 15.9 Å². The minimum atomic E-state index is -0.654. The number of aromatic hydroxyl groups is 2. The molecule has 4 aromatic rings. The Labute approximate surface area is 164 Å². The maximum absolute atomic E-state index is 12.7. The highest BCUT2D eigenvalue weighted by Crippen LogP contribution is 2.32. The van der Waals surface area contributed by atoms with Gasteiger partial charge in [0, 0.05) is 18.0 Å². The number of pyridine rings is 1. The molecular formula is C22H16N2O5. The van der Waals surface area contributed by atoms with Gasteiger partial charge in [-0.05, 0) is 36.4 Å². The van der Waals surface area contributed by atoms with Crippen LogP contribution in [0.2, 0.25) is 0 Å². The van der Waals surface area contributed by atoms with Crippen molar-refractivity contribution in [1.82, 2.24) is 9.72 Å². The predicted octanol–water partition coefficient (Wildman–Crippen LogP) is 3.50. The van der Waals surface area contributed by atoms with E-state index in [1.807, 2.05) is 0 Å². The first-order valence-electron chi connectivity index (χ1n) is 8.75. The molecule has 0 aliphatic rings. The minimum absolute atomic E-state index is 0.00581. The molecule has 2 aromatic heterocycles. The Balaban J connectivity index is 1.76. The number of para-hydroxylation sites is 2. The molecule has 0 saturated heterocycles. The highest BCUT2D eigenvalue weighted by atomic mass is 16.5. The van der Waals surface area contributed by atoms with Gasteiger partial charge in [-0.1, -0.05) is 29.4 Å². The van der Waals surface area contributed by atoms with Crippen LogP contribution in [-0.2, 0) is 7.05 Å². The molecule has 0 saturated carbocycles. The van der Waals surface area contributed by atoms with Crippen LogP contribution < -0.4 is 5.56 Å². The highest BCUT2D eigenvalue weighted by molar-refractivity contribution is 6.11. The van der Waals surface area contributed by atoms with E-state index in [1.165, 1.54) is 29.0 Å². The number of phenols is 1. The number of allylic oxidation sites excluding steroid dienone is 1. The lowest BCUT2D eigenvalue weighted by Crippen LogP contribution is -2.24. The summed E-state index contributed by atoms with van der Waals surface area (Å²) in [5.41, 5.74) is 0.472. The molecule has 2 N–H and O–H groups in total. The van der Waals surface area contributed by atoms with E-state index in [9.17, 15) is 19.8 Å². The highest BCUT2D eigenvalue weighted by Gasteiger charge is 2.20. The summed E-state index contributed by atoms with van der Waals surface area (Å²) in [6.07, 6.45) is 3.99. The van der Waals surface area contributed by atoms with E-state index in [4.69, 9.17) is 4.52 Å². The molecule has 0 atom stereocenters. The Morgan fingerprint density at radius 1 is 1.10 bits per heavy atom. The van der Waals surface area contributed by atoms with Gasteiger partial charge in [-0.3, -0.25) is 9.59 Å². The van der Waals surface area contributed by atoms with Crippen molar-refractivity contribution in [3.05, 3.63) is 82.3 Å². The lowest BCUT2D eigenvalue weighted by atomic mass is 10.0. The number of fused-ring (bicyclic) bond motifs is 1. The lowest BCUT2D eigenvalue weighted by molar-refractivity contribution is 0.104. The second-order valence-corrected chi connectivity index (χ2v) is 6.43. The van der Waals surface area contributed by atoms with E-state index < -0.39 is 11.3 Å². The van der Waals surface area contributed by atoms with Gasteiger partial charge in [0.1, 0.15) is 17.1 Å². The van der Waals surface area contributed by atoms with Crippen LogP contribution in [-0.4, -0.2) is 25.7 Å².